The molecule has 7 atom stereocenters. The zero-order chi connectivity index (χ0) is 26.5. The molecule has 4 rings (SSSR count). The maximum Gasteiger partial charge on any atom is 0.305 e. The maximum absolute atomic E-state index is 13.8. The van der Waals surface area contributed by atoms with Crippen molar-refractivity contribution in [2.24, 2.45) is 46.3 Å². The lowest BCUT2D eigenvalue weighted by Crippen LogP contribution is -2.56. The first-order chi connectivity index (χ1) is 16.8. The number of hydrogen-bond donors (Lipinski definition) is 0. The van der Waals surface area contributed by atoms with Crippen LogP contribution in [0.2, 0.25) is 0 Å². The number of fused-ring (bicyclic) bond motifs is 5. The van der Waals surface area contributed by atoms with Crippen LogP contribution in [0.25, 0.3) is 0 Å². The minimum Gasteiger partial charge on any atom is -0.422 e. The number of ketones is 1. The van der Waals surface area contributed by atoms with E-state index in [1.807, 2.05) is 6.08 Å². The summed E-state index contributed by atoms with van der Waals surface area (Å²) in [6, 6.07) is 0. The van der Waals surface area contributed by atoms with Crippen LogP contribution in [-0.4, -0.2) is 23.5 Å². The van der Waals surface area contributed by atoms with E-state index in [9.17, 15) is 14.4 Å². The van der Waals surface area contributed by atoms with E-state index in [2.05, 4.69) is 34.6 Å². The first-order valence-electron chi connectivity index (χ1n) is 14.5. The molecule has 3 saturated carbocycles. The standard InChI is InChI=1S/C31H48O5/c1-19(2)9-8-10-20(3)24-11-12-25-28-26(13-14-30(24,25)7)29(6)15-16-31(35-21(4)32,36-22(5)33)18-23(29)17-27(28)34/h17,19-20,24-26,28H,8-16,18H2,1-7H3/t20-,24-,25+,26+,28+,29+,30-/m1/s1. The van der Waals surface area contributed by atoms with Crippen LogP contribution >= 0.6 is 0 Å². The highest BCUT2D eigenvalue weighted by Crippen LogP contribution is 2.67. The van der Waals surface area contributed by atoms with Gasteiger partial charge in [0.15, 0.2) is 5.78 Å². The van der Waals surface area contributed by atoms with Crippen molar-refractivity contribution >= 4 is 17.7 Å². The van der Waals surface area contributed by atoms with Gasteiger partial charge in [0.2, 0.25) is 0 Å². The van der Waals surface area contributed by atoms with Gasteiger partial charge in [-0.2, -0.15) is 0 Å². The Morgan fingerprint density at radius 1 is 0.944 bits per heavy atom. The number of carbonyl (C=O) groups excluding carboxylic acids is 3. The average Bonchev–Trinajstić information content (AvgIpc) is 3.11. The van der Waals surface area contributed by atoms with Crippen LogP contribution in [0.15, 0.2) is 11.6 Å². The summed E-state index contributed by atoms with van der Waals surface area (Å²) in [5.74, 6) is 1.04. The van der Waals surface area contributed by atoms with Crippen molar-refractivity contribution in [1.29, 1.82) is 0 Å². The Morgan fingerprint density at radius 3 is 2.22 bits per heavy atom. The van der Waals surface area contributed by atoms with Gasteiger partial charge in [-0.25, -0.2) is 0 Å². The zero-order valence-electron chi connectivity index (χ0n) is 23.7. The van der Waals surface area contributed by atoms with E-state index < -0.39 is 17.7 Å². The molecule has 3 fully saturated rings. The summed E-state index contributed by atoms with van der Waals surface area (Å²) in [5, 5.41) is 0. The summed E-state index contributed by atoms with van der Waals surface area (Å²) in [7, 11) is 0. The molecular weight excluding hydrogens is 452 g/mol. The van der Waals surface area contributed by atoms with Crippen LogP contribution in [0.5, 0.6) is 0 Å². The van der Waals surface area contributed by atoms with Crippen molar-refractivity contribution in [3.8, 4) is 0 Å². The van der Waals surface area contributed by atoms with E-state index in [0.717, 1.165) is 30.8 Å². The smallest absolute Gasteiger partial charge is 0.305 e. The molecule has 0 radical (unpaired) electrons. The molecule has 0 aromatic rings. The number of esters is 2. The topological polar surface area (TPSA) is 69.7 Å². The summed E-state index contributed by atoms with van der Waals surface area (Å²) in [6.45, 7) is 14.6. The number of rotatable bonds is 7. The summed E-state index contributed by atoms with van der Waals surface area (Å²) >= 11 is 0. The molecule has 36 heavy (non-hydrogen) atoms. The quantitative estimate of drug-likeness (QED) is 0.277. The molecule has 0 aliphatic heterocycles. The van der Waals surface area contributed by atoms with Crippen molar-refractivity contribution in [3.05, 3.63) is 11.6 Å². The molecule has 5 heteroatoms. The highest BCUT2D eigenvalue weighted by molar-refractivity contribution is 5.94. The van der Waals surface area contributed by atoms with Gasteiger partial charge in [-0.15, -0.1) is 0 Å². The molecule has 0 amide bonds. The predicted molar refractivity (Wildman–Crippen MR) is 140 cm³/mol. The van der Waals surface area contributed by atoms with Crippen LogP contribution in [0.4, 0.5) is 0 Å². The predicted octanol–water partition coefficient (Wildman–Crippen LogP) is 7.03. The molecular formula is C31H48O5. The lowest BCUT2D eigenvalue weighted by Gasteiger charge is -2.58. The van der Waals surface area contributed by atoms with Gasteiger partial charge in [-0.05, 0) is 78.6 Å². The number of hydrogen-bond acceptors (Lipinski definition) is 5. The molecule has 0 N–H and O–H groups in total. The summed E-state index contributed by atoms with van der Waals surface area (Å²) < 4.78 is 11.2. The second kappa shape index (κ2) is 9.91. The molecule has 5 nitrogen and oxygen atoms in total. The molecule has 0 heterocycles. The Morgan fingerprint density at radius 2 is 1.61 bits per heavy atom. The Bertz CT molecular complexity index is 902. The van der Waals surface area contributed by atoms with Gasteiger partial charge >= 0.3 is 11.9 Å². The number of allylic oxidation sites excluding steroid dienone is 1. The third kappa shape index (κ3) is 4.80. The fraction of sp³-hybridized carbons (Fsp3) is 0.839. The largest absolute Gasteiger partial charge is 0.422 e. The van der Waals surface area contributed by atoms with Crippen molar-refractivity contribution < 1.29 is 23.9 Å². The molecule has 0 bridgehead atoms. The van der Waals surface area contributed by atoms with E-state index in [1.54, 1.807) is 0 Å². The van der Waals surface area contributed by atoms with Gasteiger partial charge in [0.1, 0.15) is 0 Å². The van der Waals surface area contributed by atoms with E-state index in [1.165, 1.54) is 46.0 Å². The monoisotopic (exact) mass is 500 g/mol. The van der Waals surface area contributed by atoms with Crippen molar-refractivity contribution in [3.63, 3.8) is 0 Å². The van der Waals surface area contributed by atoms with Gasteiger partial charge in [0.05, 0.1) is 0 Å². The van der Waals surface area contributed by atoms with Crippen LogP contribution in [0.3, 0.4) is 0 Å². The molecule has 0 saturated heterocycles. The number of carbonyl (C=O) groups is 3. The molecule has 4 aliphatic rings. The highest BCUT2D eigenvalue weighted by atomic mass is 16.7. The maximum atomic E-state index is 13.8. The fourth-order valence-electron chi connectivity index (χ4n) is 9.09. The first-order valence-corrected chi connectivity index (χ1v) is 14.5. The Kier molecular flexibility index (Phi) is 7.54. The highest BCUT2D eigenvalue weighted by Gasteiger charge is 2.63. The fourth-order valence-corrected chi connectivity index (χ4v) is 9.09. The van der Waals surface area contributed by atoms with Crippen LogP contribution in [0.1, 0.15) is 113 Å². The van der Waals surface area contributed by atoms with Gasteiger partial charge < -0.3 is 9.47 Å². The van der Waals surface area contributed by atoms with Crippen LogP contribution in [0, 0.1) is 46.3 Å². The van der Waals surface area contributed by atoms with Crippen LogP contribution in [-0.2, 0) is 23.9 Å². The molecule has 202 valence electrons. The van der Waals surface area contributed by atoms with E-state index in [0.29, 0.717) is 36.5 Å². The van der Waals surface area contributed by atoms with E-state index >= 15 is 0 Å². The molecule has 0 aromatic carbocycles. The molecule has 0 spiro atoms. The van der Waals surface area contributed by atoms with E-state index in [4.69, 9.17) is 9.47 Å². The Balaban J connectivity index is 1.57. The lowest BCUT2D eigenvalue weighted by molar-refractivity contribution is -0.238. The minimum atomic E-state index is -1.29. The van der Waals surface area contributed by atoms with Gasteiger partial charge in [-0.1, -0.05) is 59.5 Å². The average molecular weight is 501 g/mol. The Hall–Kier alpha value is -1.65. The van der Waals surface area contributed by atoms with Crippen molar-refractivity contribution in [1.82, 2.24) is 0 Å². The van der Waals surface area contributed by atoms with Crippen LogP contribution < -0.4 is 0 Å². The summed E-state index contributed by atoms with van der Waals surface area (Å²) in [4.78, 5) is 37.5. The van der Waals surface area contributed by atoms with Gasteiger partial charge in [0, 0.05) is 32.6 Å². The molecule has 0 unspecified atom stereocenters. The van der Waals surface area contributed by atoms with Crippen molar-refractivity contribution in [2.45, 2.75) is 118 Å². The zero-order valence-corrected chi connectivity index (χ0v) is 23.7. The van der Waals surface area contributed by atoms with Gasteiger partial charge in [-0.3, -0.25) is 14.4 Å². The second-order valence-corrected chi connectivity index (χ2v) is 13.5. The lowest BCUT2D eigenvalue weighted by atomic mass is 9.46. The van der Waals surface area contributed by atoms with E-state index in [-0.39, 0.29) is 22.5 Å². The second-order valence-electron chi connectivity index (χ2n) is 13.5. The summed E-state index contributed by atoms with van der Waals surface area (Å²) in [5.41, 5.74) is 1.12. The first kappa shape index (κ1) is 27.4. The molecule has 4 aliphatic carbocycles. The molecule has 0 aromatic heterocycles. The minimum absolute atomic E-state index is 0.0836. The number of ether oxygens (including phenoxy) is 2. The summed E-state index contributed by atoms with van der Waals surface area (Å²) in [6.07, 6.45) is 12.0. The SMILES string of the molecule is CC(=O)OC1(OC(C)=O)CC[C@@]2(C)C(=CC(=O)[C@H]3[C@@H]4CC[C@H]([C@H](C)CCCC(C)C)[C@@]4(C)CC[C@@H]32)C1. The van der Waals surface area contributed by atoms with Gasteiger partial charge in [0.25, 0.3) is 5.79 Å². The Labute approximate surface area is 218 Å². The third-order valence-corrected chi connectivity index (χ3v) is 10.8. The normalized spacial score (nSPS) is 37.9. The third-order valence-electron chi connectivity index (χ3n) is 10.8. The van der Waals surface area contributed by atoms with Crippen molar-refractivity contribution in [2.75, 3.05) is 0 Å².